The molecule has 0 radical (unpaired) electrons. The van der Waals surface area contributed by atoms with E-state index in [1.54, 1.807) is 11.5 Å². The molecule has 286 valence electrons. The number of carbonyl (C=O) groups is 3. The molecule has 20 heteroatoms. The lowest BCUT2D eigenvalue weighted by molar-refractivity contribution is -0.130. The summed E-state index contributed by atoms with van der Waals surface area (Å²) in [5.74, 6) is 0.0706. The first-order valence-electron chi connectivity index (χ1n) is 17.4. The van der Waals surface area contributed by atoms with Crippen molar-refractivity contribution in [1.29, 1.82) is 0 Å². The van der Waals surface area contributed by atoms with Crippen LogP contribution in [-0.2, 0) is 21.2 Å². The van der Waals surface area contributed by atoms with Crippen molar-refractivity contribution in [2.75, 3.05) is 35.2 Å². The van der Waals surface area contributed by atoms with Gasteiger partial charge in [-0.15, -0.1) is 0 Å². The molecule has 19 nitrogen and oxygen atoms in total. The Kier molecular flexibility index (Phi) is 10.1. The highest BCUT2D eigenvalue weighted by atomic mass is 32.2. The van der Waals surface area contributed by atoms with Gasteiger partial charge in [-0.1, -0.05) is 36.4 Å². The number of nitrogens with one attached hydrogen (secondary N) is 4. The molecule has 2 aromatic carbocycles. The molecule has 3 fully saturated rings. The number of primary sulfonamides is 1. The predicted octanol–water partition coefficient (Wildman–Crippen LogP) is -0.135. The molecule has 2 saturated heterocycles. The van der Waals surface area contributed by atoms with Crippen LogP contribution in [0.2, 0.25) is 0 Å². The number of carbonyl (C=O) groups excluding carboxylic acids is 3. The number of urea groups is 2. The lowest BCUT2D eigenvalue weighted by Crippen LogP contribution is -2.47. The van der Waals surface area contributed by atoms with Gasteiger partial charge in [0.25, 0.3) is 5.91 Å². The van der Waals surface area contributed by atoms with E-state index in [1.165, 1.54) is 30.6 Å². The zero-order valence-corrected chi connectivity index (χ0v) is 29.9. The first kappa shape index (κ1) is 36.9. The van der Waals surface area contributed by atoms with Crippen LogP contribution < -0.4 is 31.3 Å². The molecular weight excluding hydrogens is 723 g/mol. The molecule has 4 aromatic rings. The van der Waals surface area contributed by atoms with E-state index in [1.807, 2.05) is 35.2 Å². The van der Waals surface area contributed by atoms with Crippen molar-refractivity contribution in [1.82, 2.24) is 35.1 Å². The highest BCUT2D eigenvalue weighted by Crippen LogP contribution is 2.38. The Hall–Kier alpha value is -5.41. The molecule has 3 aliphatic rings. The number of aliphatic hydroxyl groups excluding tert-OH is 3. The number of amides is 5. The number of fused-ring (bicyclic) bond motifs is 1. The van der Waals surface area contributed by atoms with Crippen LogP contribution in [0.15, 0.2) is 65.8 Å². The van der Waals surface area contributed by atoms with Crippen LogP contribution in [0.3, 0.4) is 0 Å². The zero-order chi connectivity index (χ0) is 38.3. The standard InChI is InChI=1S/C34H41N11O8S/c1-18-31(49)45(34(51)37-18)25-14-24(27(47)28(25)48)44-17-36-26-29(38-22(16-46)12-19-6-3-2-4-7-19)41-32(42-30(26)44)43-11-10-21(15-43)40-33(50)39-20-8-5-9-23(13-20)54(35,52)53/h2-9,13,17-18,21-22,24-25,27-28,46-48H,10-12,14-16H2,1H3,(H,37,51)(H2,35,52,53)(H,38,41,42)(H2,39,40,50)/t18-,21+,22-,24+,25-,27-,28+/m0/s1. The van der Waals surface area contributed by atoms with Gasteiger partial charge in [-0.05, 0) is 49.9 Å². The summed E-state index contributed by atoms with van der Waals surface area (Å²) in [5.41, 5.74) is 1.85. The largest absolute Gasteiger partial charge is 0.394 e. The van der Waals surface area contributed by atoms with Gasteiger partial charge in [0, 0.05) is 24.8 Å². The second-order valence-corrected chi connectivity index (χ2v) is 15.3. The number of nitrogens with two attached hydrogens (primary N) is 1. The van der Waals surface area contributed by atoms with Crippen molar-refractivity contribution >= 4 is 56.6 Å². The van der Waals surface area contributed by atoms with E-state index in [-0.39, 0.29) is 35.6 Å². The summed E-state index contributed by atoms with van der Waals surface area (Å²) in [6, 6.07) is 10.6. The molecule has 2 aromatic heterocycles. The van der Waals surface area contributed by atoms with Gasteiger partial charge < -0.3 is 46.1 Å². The van der Waals surface area contributed by atoms with Crippen LogP contribution >= 0.6 is 0 Å². The number of benzene rings is 2. The Balaban J connectivity index is 1.16. The zero-order valence-electron chi connectivity index (χ0n) is 29.1. The first-order chi connectivity index (χ1) is 25.8. The van der Waals surface area contributed by atoms with Crippen molar-refractivity contribution in [3.05, 3.63) is 66.5 Å². The Bertz CT molecular complexity index is 2170. The minimum Gasteiger partial charge on any atom is -0.394 e. The minimum atomic E-state index is -3.96. The molecule has 54 heavy (non-hydrogen) atoms. The minimum absolute atomic E-state index is 0.0278. The molecule has 1 aliphatic carbocycles. The summed E-state index contributed by atoms with van der Waals surface area (Å²) >= 11 is 0. The average Bonchev–Trinajstić information content (AvgIpc) is 3.90. The number of hydrogen-bond acceptors (Lipinski definition) is 13. The highest BCUT2D eigenvalue weighted by Gasteiger charge is 2.51. The fourth-order valence-electron chi connectivity index (χ4n) is 7.26. The predicted molar refractivity (Wildman–Crippen MR) is 195 cm³/mol. The number of anilines is 3. The van der Waals surface area contributed by atoms with E-state index in [2.05, 4.69) is 26.3 Å². The maximum Gasteiger partial charge on any atom is 0.325 e. The van der Waals surface area contributed by atoms with E-state index in [0.29, 0.717) is 42.9 Å². The smallest absolute Gasteiger partial charge is 0.325 e. The van der Waals surface area contributed by atoms with Gasteiger partial charge in [0.1, 0.15) is 18.2 Å². The number of imide groups is 1. The summed E-state index contributed by atoms with van der Waals surface area (Å²) in [7, 11) is -3.96. The third kappa shape index (κ3) is 7.37. The van der Waals surface area contributed by atoms with Gasteiger partial charge in [-0.2, -0.15) is 9.97 Å². The van der Waals surface area contributed by atoms with Crippen LogP contribution in [-0.4, -0.2) is 122 Å². The number of rotatable bonds is 11. The molecule has 9 N–H and O–H groups in total. The maximum atomic E-state index is 12.9. The van der Waals surface area contributed by atoms with Crippen molar-refractivity contribution in [2.24, 2.45) is 5.14 Å². The molecule has 4 heterocycles. The molecule has 1 saturated carbocycles. The summed E-state index contributed by atoms with van der Waals surface area (Å²) in [6.45, 7) is 2.05. The molecule has 0 spiro atoms. The quantitative estimate of drug-likeness (QED) is 0.0926. The number of imidazole rings is 1. The number of nitrogens with zero attached hydrogens (tertiary/aromatic N) is 6. The molecule has 7 atom stereocenters. The SMILES string of the molecule is C[C@@H]1NC(=O)N([C@H]2C[C@@H](n3cnc4c(N[C@H](CO)Cc5ccccc5)nc(N5CC[C@@H](NC(=O)Nc6cccc(S(N)(=O)=O)c6)C5)nc43)[C@H](O)[C@@H]2O)C1=O. The van der Waals surface area contributed by atoms with Gasteiger partial charge in [0.05, 0.1) is 36.0 Å². The Morgan fingerprint density at radius 1 is 1.07 bits per heavy atom. The van der Waals surface area contributed by atoms with E-state index in [9.17, 15) is 38.1 Å². The molecule has 7 rings (SSSR count). The maximum absolute atomic E-state index is 12.9. The highest BCUT2D eigenvalue weighted by molar-refractivity contribution is 7.89. The third-order valence-corrected chi connectivity index (χ3v) is 10.9. The Morgan fingerprint density at radius 3 is 2.54 bits per heavy atom. The van der Waals surface area contributed by atoms with Crippen LogP contribution in [0.4, 0.5) is 27.0 Å². The first-order valence-corrected chi connectivity index (χ1v) is 19.0. The molecule has 2 aliphatic heterocycles. The summed E-state index contributed by atoms with van der Waals surface area (Å²) < 4.78 is 25.1. The van der Waals surface area contributed by atoms with Crippen LogP contribution in [0.5, 0.6) is 0 Å². The second kappa shape index (κ2) is 14.8. The summed E-state index contributed by atoms with van der Waals surface area (Å²) in [5, 5.41) is 49.3. The normalized spacial score (nSPS) is 24.9. The van der Waals surface area contributed by atoms with Crippen LogP contribution in [0.25, 0.3) is 11.2 Å². The molecule has 5 amide bonds. The van der Waals surface area contributed by atoms with Crippen molar-refractivity contribution in [3.8, 4) is 0 Å². The summed E-state index contributed by atoms with van der Waals surface area (Å²) in [4.78, 5) is 55.3. The van der Waals surface area contributed by atoms with Crippen LogP contribution in [0, 0.1) is 0 Å². The Morgan fingerprint density at radius 2 is 1.83 bits per heavy atom. The average molecular weight is 764 g/mol. The van der Waals surface area contributed by atoms with Crippen LogP contribution in [0.1, 0.15) is 31.4 Å². The molecular formula is C34H41N11O8S. The monoisotopic (exact) mass is 763 g/mol. The second-order valence-electron chi connectivity index (χ2n) is 13.7. The number of hydrogen-bond donors (Lipinski definition) is 8. The fraction of sp³-hybridized carbons (Fsp3) is 0.412. The lowest BCUT2D eigenvalue weighted by Gasteiger charge is -2.24. The van der Waals surface area contributed by atoms with Gasteiger partial charge in [0.15, 0.2) is 17.0 Å². The third-order valence-electron chi connectivity index (χ3n) is 10.00. The van der Waals surface area contributed by atoms with E-state index in [4.69, 9.17) is 15.1 Å². The van der Waals surface area contributed by atoms with Gasteiger partial charge in [-0.3, -0.25) is 9.69 Å². The van der Waals surface area contributed by atoms with Gasteiger partial charge in [-0.25, -0.2) is 28.1 Å². The van der Waals surface area contributed by atoms with Crippen molar-refractivity contribution in [2.45, 2.75) is 73.5 Å². The topological polar surface area (TPSA) is 270 Å². The van der Waals surface area contributed by atoms with Gasteiger partial charge in [0.2, 0.25) is 16.0 Å². The van der Waals surface area contributed by atoms with E-state index in [0.717, 1.165) is 10.5 Å². The fourth-order valence-corrected chi connectivity index (χ4v) is 7.82. The summed E-state index contributed by atoms with van der Waals surface area (Å²) in [6.07, 6.45) is -0.355. The molecule has 0 bridgehead atoms. The molecule has 0 unspecified atom stereocenters. The Labute approximate surface area is 309 Å². The van der Waals surface area contributed by atoms with Crippen molar-refractivity contribution < 1.29 is 38.1 Å². The number of aliphatic hydroxyl groups is 3. The lowest BCUT2D eigenvalue weighted by atomic mass is 10.1. The number of sulfonamides is 1. The van der Waals surface area contributed by atoms with Crippen molar-refractivity contribution in [3.63, 3.8) is 0 Å². The van der Waals surface area contributed by atoms with E-state index >= 15 is 0 Å². The number of aromatic nitrogens is 4. The van der Waals surface area contributed by atoms with Gasteiger partial charge >= 0.3 is 12.1 Å². The van der Waals surface area contributed by atoms with E-state index < -0.39 is 64.4 Å².